The zero-order valence-electron chi connectivity index (χ0n) is 47.5. The zero-order chi connectivity index (χ0) is 55.5. The molecule has 3 aliphatic rings. The second-order valence-corrected chi connectivity index (χ2v) is 22.8. The molecule has 0 spiro atoms. The number of hydrogen-bond acceptors (Lipinski definition) is 16. The van der Waals surface area contributed by atoms with E-state index >= 15 is 0 Å². The van der Waals surface area contributed by atoms with Gasteiger partial charge in [-0.15, -0.1) is 0 Å². The van der Waals surface area contributed by atoms with E-state index in [4.69, 9.17) is 36.1 Å². The van der Waals surface area contributed by atoms with Gasteiger partial charge in [0.05, 0.1) is 12.6 Å². The first-order valence-electron chi connectivity index (χ1n) is 30.9. The Morgan fingerprint density at radius 3 is 1.24 bits per heavy atom. The summed E-state index contributed by atoms with van der Waals surface area (Å²) in [5.41, 5.74) is 18.6. The van der Waals surface area contributed by atoms with Gasteiger partial charge in [-0.3, -0.25) is 9.59 Å². The van der Waals surface area contributed by atoms with Crippen molar-refractivity contribution in [3.63, 3.8) is 0 Å². The van der Waals surface area contributed by atoms with Crippen molar-refractivity contribution in [1.82, 2.24) is 10.2 Å². The molecule has 0 radical (unpaired) electrons. The molecule has 18 nitrogen and oxygen atoms in total. The predicted octanol–water partition coefficient (Wildman–Crippen LogP) is 6.00. The van der Waals surface area contributed by atoms with E-state index in [0.717, 1.165) is 38.5 Å². The predicted molar refractivity (Wildman–Crippen MR) is 297 cm³/mol. The quantitative estimate of drug-likeness (QED) is 0.0312. The van der Waals surface area contributed by atoms with Gasteiger partial charge in [-0.1, -0.05) is 206 Å². The number of unbranched alkanes of at least 4 members (excludes halogenated alkanes) is 30. The number of amides is 2. The molecular formula is C58H113N5O13. The molecule has 1 saturated carbocycles. The zero-order valence-corrected chi connectivity index (χ0v) is 47.5. The van der Waals surface area contributed by atoms with Crippen LogP contribution in [0.3, 0.4) is 0 Å². The number of nitrogens with zero attached hydrogens (tertiary/aromatic N) is 1. The van der Waals surface area contributed by atoms with Crippen molar-refractivity contribution in [2.75, 3.05) is 26.2 Å². The average Bonchev–Trinajstić information content (AvgIpc) is 3.41. The van der Waals surface area contributed by atoms with Crippen molar-refractivity contribution in [2.45, 2.75) is 330 Å². The molecule has 3 fully saturated rings. The first-order chi connectivity index (χ1) is 36.7. The van der Waals surface area contributed by atoms with Gasteiger partial charge in [-0.2, -0.15) is 0 Å². The lowest BCUT2D eigenvalue weighted by Gasteiger charge is -2.48. The van der Waals surface area contributed by atoms with Crippen molar-refractivity contribution in [3.05, 3.63) is 0 Å². The first kappa shape index (κ1) is 68.7. The summed E-state index contributed by atoms with van der Waals surface area (Å²) in [5.74, 6) is -0.519. The van der Waals surface area contributed by atoms with Crippen LogP contribution in [0.15, 0.2) is 0 Å². The van der Waals surface area contributed by atoms with E-state index in [9.17, 15) is 45.3 Å². The SMILES string of the molecule is CCCCCCCCCCCCCCCCCCN(CCCCCCCCCCCCCCCCCC)C(=O)CCC(=O)NC[C@H]1O[C@H](O[C@H]2[C@H](O)[C@@H](O[C@H]3O[C@H](CO)[C@@H](O)[C@H](N)[C@H]3O)[C@H](N)C[C@@H]2N)[C@H](O)[C@@H](O)[C@@H]1O. The maximum Gasteiger partial charge on any atom is 0.223 e. The Morgan fingerprint density at radius 1 is 0.474 bits per heavy atom. The number of nitrogens with one attached hydrogen (secondary N) is 1. The summed E-state index contributed by atoms with van der Waals surface area (Å²) in [5, 5.41) is 77.4. The van der Waals surface area contributed by atoms with Crippen molar-refractivity contribution in [3.8, 4) is 0 Å². The summed E-state index contributed by atoms with van der Waals surface area (Å²) in [6.07, 6.45) is 23.0. The minimum absolute atomic E-state index is 0.0175. The average molecular weight is 1090 g/mol. The largest absolute Gasteiger partial charge is 0.394 e. The Bertz CT molecular complexity index is 1420. The van der Waals surface area contributed by atoms with Crippen LogP contribution in [0.4, 0.5) is 0 Å². The third-order valence-electron chi connectivity index (χ3n) is 16.2. The van der Waals surface area contributed by atoms with Crippen LogP contribution in [-0.2, 0) is 28.5 Å². The third kappa shape index (κ3) is 26.3. The minimum Gasteiger partial charge on any atom is -0.394 e. The van der Waals surface area contributed by atoms with Crippen LogP contribution in [-0.4, -0.2) is 170 Å². The Hall–Kier alpha value is -1.62. The van der Waals surface area contributed by atoms with Gasteiger partial charge < -0.3 is 82.1 Å². The molecule has 2 aliphatic heterocycles. The number of carbonyl (C=O) groups is 2. The molecule has 76 heavy (non-hydrogen) atoms. The fourth-order valence-corrected chi connectivity index (χ4v) is 11.1. The molecule has 0 aromatic rings. The smallest absolute Gasteiger partial charge is 0.223 e. The Labute approximate surface area is 458 Å². The second-order valence-electron chi connectivity index (χ2n) is 22.8. The Balaban J connectivity index is 1.44. The normalized spacial score (nSPS) is 29.9. The molecule has 0 bridgehead atoms. The van der Waals surface area contributed by atoms with E-state index in [0.29, 0.717) is 13.1 Å². The van der Waals surface area contributed by atoms with Gasteiger partial charge in [0.2, 0.25) is 11.8 Å². The summed E-state index contributed by atoms with van der Waals surface area (Å²) < 4.78 is 23.2. The van der Waals surface area contributed by atoms with E-state index < -0.39 is 104 Å². The van der Waals surface area contributed by atoms with Gasteiger partial charge in [0, 0.05) is 44.6 Å². The van der Waals surface area contributed by atoms with Crippen molar-refractivity contribution in [2.24, 2.45) is 17.2 Å². The van der Waals surface area contributed by atoms with Crippen LogP contribution in [0.2, 0.25) is 0 Å². The molecule has 18 heteroatoms. The van der Waals surface area contributed by atoms with Crippen LogP contribution in [0.5, 0.6) is 0 Å². The lowest BCUT2D eigenvalue weighted by atomic mass is 9.84. The summed E-state index contributed by atoms with van der Waals surface area (Å²) >= 11 is 0. The fourth-order valence-electron chi connectivity index (χ4n) is 11.1. The molecule has 1 aliphatic carbocycles. The molecule has 0 unspecified atom stereocenters. The third-order valence-corrected chi connectivity index (χ3v) is 16.2. The van der Waals surface area contributed by atoms with E-state index in [2.05, 4.69) is 19.2 Å². The molecule has 2 amide bonds. The van der Waals surface area contributed by atoms with Crippen LogP contribution >= 0.6 is 0 Å². The maximum absolute atomic E-state index is 13.7. The molecule has 15 atom stereocenters. The standard InChI is InChI=1S/C58H113N5O13/c1-3-5-7-9-11-13-15-17-19-21-23-25-27-29-31-33-37-63(38-34-32-30-28-26-24-22-20-18-16-14-12-10-8-6-4-2)47(66)36-35-46(65)62-40-44-50(68)52(70)53(71)58(73-44)76-56-43(60)39-42(59)55(54(56)72)75-57-51(69)48(61)49(67)45(41-64)74-57/h42-45,48-58,64,67-72H,3-41,59-61H2,1-2H3,(H,62,65)/t42-,43+,44-,45-,48+,49-,50-,51-,52+,53-,54-,55+,56-,57-,58-/m1/s1. The number of carbonyl (C=O) groups excluding carboxylic acids is 2. The number of rotatable bonds is 44. The minimum atomic E-state index is -1.79. The number of hydrogen-bond donors (Lipinski definition) is 11. The van der Waals surface area contributed by atoms with E-state index in [-0.39, 0.29) is 31.7 Å². The Morgan fingerprint density at radius 2 is 0.842 bits per heavy atom. The molecule has 2 saturated heterocycles. The van der Waals surface area contributed by atoms with Gasteiger partial charge in [-0.05, 0) is 19.3 Å². The maximum atomic E-state index is 13.7. The second kappa shape index (κ2) is 41.4. The van der Waals surface area contributed by atoms with Crippen LogP contribution in [0.25, 0.3) is 0 Å². The van der Waals surface area contributed by atoms with Crippen LogP contribution < -0.4 is 22.5 Å². The molecule has 0 aromatic carbocycles. The van der Waals surface area contributed by atoms with E-state index in [1.54, 1.807) is 0 Å². The number of aliphatic hydroxyl groups is 7. The molecule has 2 heterocycles. The highest BCUT2D eigenvalue weighted by Crippen LogP contribution is 2.32. The Kier molecular flexibility index (Phi) is 37.4. The molecule has 0 aromatic heterocycles. The first-order valence-corrected chi connectivity index (χ1v) is 30.9. The van der Waals surface area contributed by atoms with Gasteiger partial charge in [0.15, 0.2) is 12.6 Å². The van der Waals surface area contributed by atoms with Crippen molar-refractivity contribution >= 4 is 11.8 Å². The van der Waals surface area contributed by atoms with Gasteiger partial charge in [0.25, 0.3) is 0 Å². The summed E-state index contributed by atoms with van der Waals surface area (Å²) in [6.45, 7) is 4.95. The highest BCUT2D eigenvalue weighted by Gasteiger charge is 2.52. The van der Waals surface area contributed by atoms with Gasteiger partial charge in [-0.25, -0.2) is 0 Å². The number of nitrogens with two attached hydrogens (primary N) is 3. The topological polar surface area (TPSA) is 306 Å². The number of ether oxygens (including phenoxy) is 4. The molecule has 3 rings (SSSR count). The van der Waals surface area contributed by atoms with E-state index in [1.165, 1.54) is 167 Å². The van der Waals surface area contributed by atoms with Crippen molar-refractivity contribution < 1.29 is 64.3 Å². The van der Waals surface area contributed by atoms with Gasteiger partial charge in [0.1, 0.15) is 61.0 Å². The lowest BCUT2D eigenvalue weighted by Crippen LogP contribution is -2.68. The molecule has 14 N–H and O–H groups in total. The monoisotopic (exact) mass is 1090 g/mol. The van der Waals surface area contributed by atoms with Gasteiger partial charge >= 0.3 is 0 Å². The number of aliphatic hydroxyl groups excluding tert-OH is 7. The summed E-state index contributed by atoms with van der Waals surface area (Å²) in [4.78, 5) is 28.8. The van der Waals surface area contributed by atoms with Crippen LogP contribution in [0.1, 0.15) is 239 Å². The van der Waals surface area contributed by atoms with Crippen LogP contribution in [0, 0.1) is 0 Å². The molecule has 448 valence electrons. The molecular weight excluding hydrogens is 975 g/mol. The van der Waals surface area contributed by atoms with Crippen molar-refractivity contribution in [1.29, 1.82) is 0 Å². The highest BCUT2D eigenvalue weighted by molar-refractivity contribution is 5.83. The summed E-state index contributed by atoms with van der Waals surface area (Å²) in [7, 11) is 0. The summed E-state index contributed by atoms with van der Waals surface area (Å²) in [6, 6.07) is -3.08. The lowest BCUT2D eigenvalue weighted by molar-refractivity contribution is -0.332. The highest BCUT2D eigenvalue weighted by atomic mass is 16.7. The fraction of sp³-hybridized carbons (Fsp3) is 0.966. The van der Waals surface area contributed by atoms with E-state index in [1.807, 2.05) is 4.90 Å².